The number of nitrogens with one attached hydrogen (secondary N) is 2. The van der Waals surface area contributed by atoms with Gasteiger partial charge in [0.25, 0.3) is 5.91 Å². The van der Waals surface area contributed by atoms with E-state index in [1.807, 2.05) is 13.0 Å². The lowest BCUT2D eigenvalue weighted by atomic mass is 9.45. The number of piperidine rings is 1. The molecule has 5 aliphatic carbocycles. The van der Waals surface area contributed by atoms with E-state index < -0.39 is 5.60 Å². The fourth-order valence-electron chi connectivity index (χ4n) is 6.17. The van der Waals surface area contributed by atoms with E-state index in [1.165, 1.54) is 12.0 Å². The molecule has 4 atom stereocenters. The number of amides is 2. The fraction of sp³-hybridized carbons (Fsp3) is 0.615. The number of hydrogen-bond acceptors (Lipinski definition) is 4. The topological polar surface area (TPSA) is 70.7 Å². The molecule has 4 bridgehead atoms. The van der Waals surface area contributed by atoms with Gasteiger partial charge in [0.05, 0.1) is 5.41 Å². The molecule has 1 aliphatic heterocycles. The summed E-state index contributed by atoms with van der Waals surface area (Å²) in [4.78, 5) is 26.5. The molecule has 1 heterocycles. The number of fused-ring (bicyclic) bond motifs is 1. The van der Waals surface area contributed by atoms with Gasteiger partial charge < -0.3 is 10.1 Å². The second kappa shape index (κ2) is 8.31. The van der Waals surface area contributed by atoms with E-state index in [4.69, 9.17) is 16.3 Å². The molecule has 2 N–H and O–H groups in total. The van der Waals surface area contributed by atoms with Crippen LogP contribution in [0.1, 0.15) is 57.9 Å². The van der Waals surface area contributed by atoms with Crippen LogP contribution in [-0.2, 0) is 9.59 Å². The maximum absolute atomic E-state index is 13.3. The van der Waals surface area contributed by atoms with Gasteiger partial charge >= 0.3 is 0 Å². The van der Waals surface area contributed by atoms with Gasteiger partial charge in [-0.25, -0.2) is 5.01 Å². The van der Waals surface area contributed by atoms with E-state index in [9.17, 15) is 9.59 Å². The van der Waals surface area contributed by atoms with Gasteiger partial charge in [0.2, 0.25) is 5.91 Å². The predicted molar refractivity (Wildman–Crippen MR) is 128 cm³/mol. The van der Waals surface area contributed by atoms with Crippen molar-refractivity contribution in [1.29, 1.82) is 0 Å². The van der Waals surface area contributed by atoms with Crippen LogP contribution >= 0.6 is 11.6 Å². The van der Waals surface area contributed by atoms with Gasteiger partial charge in [0.1, 0.15) is 5.75 Å². The van der Waals surface area contributed by atoms with Crippen LogP contribution < -0.4 is 15.5 Å². The van der Waals surface area contributed by atoms with E-state index >= 15 is 0 Å². The Hall–Kier alpha value is -2.05. The first kappa shape index (κ1) is 22.7. The summed E-state index contributed by atoms with van der Waals surface area (Å²) >= 11 is 6.05. The molecule has 0 spiro atoms. The van der Waals surface area contributed by atoms with E-state index in [1.54, 1.807) is 26.0 Å². The number of hydrazine groups is 1. The number of aryl methyl sites for hydroxylation is 1. The summed E-state index contributed by atoms with van der Waals surface area (Å²) in [5.74, 6) is 1.20. The van der Waals surface area contributed by atoms with E-state index in [0.717, 1.165) is 50.8 Å². The predicted octanol–water partition coefficient (Wildman–Crippen LogP) is 4.16. The van der Waals surface area contributed by atoms with Crippen molar-refractivity contribution in [2.45, 2.75) is 70.9 Å². The Labute approximate surface area is 201 Å². The molecule has 6 aliphatic rings. The van der Waals surface area contributed by atoms with Gasteiger partial charge in [0, 0.05) is 36.0 Å². The summed E-state index contributed by atoms with van der Waals surface area (Å²) in [6.07, 6.45) is 8.25. The standard InChI is InChI=1S/C26H34ClN3O3/c1-16-13-17(27)7-8-21(16)33-25(2,3)23(31)28-22-19-14-26(10-9-18(19)20(22)15-26)24(32)29-30-11-5-4-6-12-30/h7-9,13,19-20,22H,4-6,10-12,14-15H2,1-3H3,(H,28,31)(H,29,32)/t19-,20+,22-,26-. The number of nitrogens with zero attached hydrogens (tertiary/aromatic N) is 1. The minimum Gasteiger partial charge on any atom is -0.478 e. The molecular formula is C26H34ClN3O3. The molecular weight excluding hydrogens is 438 g/mol. The van der Waals surface area contributed by atoms with Crippen molar-refractivity contribution < 1.29 is 14.3 Å². The van der Waals surface area contributed by atoms with Gasteiger partial charge in [-0.15, -0.1) is 0 Å². The summed E-state index contributed by atoms with van der Waals surface area (Å²) in [6, 6.07) is 5.48. The first-order valence-electron chi connectivity index (χ1n) is 12.2. The highest BCUT2D eigenvalue weighted by atomic mass is 35.5. The molecule has 0 radical (unpaired) electrons. The van der Waals surface area contributed by atoms with Crippen LogP contribution in [0.15, 0.2) is 29.8 Å². The Morgan fingerprint density at radius 1 is 1.15 bits per heavy atom. The molecule has 2 amide bonds. The zero-order valence-corrected chi connectivity index (χ0v) is 20.5. The number of ether oxygens (including phenoxy) is 1. The normalized spacial score (nSPS) is 30.8. The van der Waals surface area contributed by atoms with Crippen LogP contribution in [0.25, 0.3) is 0 Å². The quantitative estimate of drug-likeness (QED) is 0.611. The van der Waals surface area contributed by atoms with Crippen molar-refractivity contribution >= 4 is 23.4 Å². The third-order valence-corrected chi connectivity index (χ3v) is 8.35. The fourth-order valence-corrected chi connectivity index (χ4v) is 6.40. The van der Waals surface area contributed by atoms with Crippen LogP contribution in [-0.4, -0.2) is 41.6 Å². The summed E-state index contributed by atoms with van der Waals surface area (Å²) in [7, 11) is 0. The molecule has 3 saturated carbocycles. The zero-order chi connectivity index (χ0) is 23.4. The number of allylic oxidation sites excluding steroid dienone is 1. The number of benzene rings is 1. The molecule has 178 valence electrons. The lowest BCUT2D eigenvalue weighted by molar-refractivity contribution is -0.147. The lowest BCUT2D eigenvalue weighted by Gasteiger charge is -2.61. The molecule has 7 rings (SSSR count). The first-order valence-corrected chi connectivity index (χ1v) is 12.6. The lowest BCUT2D eigenvalue weighted by Crippen LogP contribution is -2.68. The van der Waals surface area contributed by atoms with Crippen molar-refractivity contribution in [2.75, 3.05) is 13.1 Å². The minimum atomic E-state index is -1.01. The Kier molecular flexibility index (Phi) is 5.73. The molecule has 0 aromatic heterocycles. The van der Waals surface area contributed by atoms with Crippen molar-refractivity contribution in [3.63, 3.8) is 0 Å². The molecule has 1 aromatic carbocycles. The van der Waals surface area contributed by atoms with Gasteiger partial charge in [-0.1, -0.05) is 29.7 Å². The second-order valence-electron chi connectivity index (χ2n) is 10.8. The molecule has 33 heavy (non-hydrogen) atoms. The average Bonchev–Trinajstić information content (AvgIpc) is 2.80. The molecule has 1 saturated heterocycles. The van der Waals surface area contributed by atoms with Gasteiger partial charge in [-0.05, 0) is 76.6 Å². The van der Waals surface area contributed by atoms with Crippen molar-refractivity contribution in [1.82, 2.24) is 15.8 Å². The maximum atomic E-state index is 13.3. The highest BCUT2D eigenvalue weighted by Gasteiger charge is 2.62. The largest absolute Gasteiger partial charge is 0.478 e. The van der Waals surface area contributed by atoms with Crippen LogP contribution in [0.4, 0.5) is 0 Å². The number of hydrogen-bond donors (Lipinski definition) is 2. The molecule has 4 fully saturated rings. The van der Waals surface area contributed by atoms with Crippen molar-refractivity contribution in [2.24, 2.45) is 17.3 Å². The van der Waals surface area contributed by atoms with E-state index in [0.29, 0.717) is 10.8 Å². The molecule has 0 unspecified atom stereocenters. The van der Waals surface area contributed by atoms with E-state index in [-0.39, 0.29) is 35.1 Å². The average molecular weight is 472 g/mol. The maximum Gasteiger partial charge on any atom is 0.263 e. The van der Waals surface area contributed by atoms with E-state index in [2.05, 4.69) is 21.8 Å². The highest BCUT2D eigenvalue weighted by molar-refractivity contribution is 6.30. The monoisotopic (exact) mass is 471 g/mol. The van der Waals surface area contributed by atoms with Crippen molar-refractivity contribution in [3.8, 4) is 5.75 Å². The number of halogens is 1. The summed E-state index contributed by atoms with van der Waals surface area (Å²) in [6.45, 7) is 7.39. The van der Waals surface area contributed by atoms with Crippen LogP contribution in [0.3, 0.4) is 0 Å². The number of carbonyl (C=O) groups is 2. The van der Waals surface area contributed by atoms with Crippen molar-refractivity contribution in [3.05, 3.63) is 40.4 Å². The molecule has 1 aromatic rings. The van der Waals surface area contributed by atoms with Crippen LogP contribution in [0, 0.1) is 24.2 Å². The summed E-state index contributed by atoms with van der Waals surface area (Å²) in [5, 5.41) is 6.00. The molecule has 6 nitrogen and oxygen atoms in total. The van der Waals surface area contributed by atoms with Gasteiger partial charge in [0.15, 0.2) is 5.60 Å². The van der Waals surface area contributed by atoms with Gasteiger partial charge in [-0.3, -0.25) is 15.0 Å². The van der Waals surface area contributed by atoms with Crippen LogP contribution in [0.2, 0.25) is 5.02 Å². The molecule has 7 heteroatoms. The Balaban J connectivity index is 1.22. The Morgan fingerprint density at radius 3 is 2.52 bits per heavy atom. The van der Waals surface area contributed by atoms with Crippen LogP contribution in [0.5, 0.6) is 5.75 Å². The summed E-state index contributed by atoms with van der Waals surface area (Å²) in [5.41, 5.74) is 4.19. The number of rotatable bonds is 6. The highest BCUT2D eigenvalue weighted by Crippen LogP contribution is 2.62. The third-order valence-electron chi connectivity index (χ3n) is 8.12. The Morgan fingerprint density at radius 2 is 1.85 bits per heavy atom. The smallest absolute Gasteiger partial charge is 0.263 e. The Bertz CT molecular complexity index is 982. The first-order chi connectivity index (χ1) is 15.7. The SMILES string of the molecule is Cc1cc(Cl)ccc1OC(C)(C)C(=O)N[C@@H]1[C@@H]2C[C@]3(C(=O)NN4CCCCC4)CC=C2[C@@H]1C3. The summed E-state index contributed by atoms with van der Waals surface area (Å²) < 4.78 is 6.09. The zero-order valence-electron chi connectivity index (χ0n) is 19.7. The second-order valence-corrected chi connectivity index (χ2v) is 11.3. The minimum absolute atomic E-state index is 0.0779. The third kappa shape index (κ3) is 4.06. The number of carbonyl (C=O) groups excluding carboxylic acids is 2. The van der Waals surface area contributed by atoms with Gasteiger partial charge in [-0.2, -0.15) is 0 Å².